The number of nitrogens with two attached hydrogens (primary N) is 1. The lowest BCUT2D eigenvalue weighted by Gasteiger charge is -2.29. The standard InChI is InChI=1S/C13H18FN/c1-10-6-2-3-7-11(10)12(14)13(15)8-4-5-9-13/h2-3,6-7,12H,4-5,8-9,15H2,1H3. The van der Waals surface area contributed by atoms with Crippen LogP contribution in [0.1, 0.15) is 43.0 Å². The summed E-state index contributed by atoms with van der Waals surface area (Å²) in [6, 6.07) is 7.61. The van der Waals surface area contributed by atoms with Crippen molar-refractivity contribution in [2.24, 2.45) is 5.73 Å². The fourth-order valence-electron chi connectivity index (χ4n) is 2.47. The van der Waals surface area contributed by atoms with Gasteiger partial charge in [0.25, 0.3) is 0 Å². The molecule has 1 fully saturated rings. The molecule has 2 heteroatoms. The van der Waals surface area contributed by atoms with Gasteiger partial charge in [-0.3, -0.25) is 0 Å². The Kier molecular flexibility index (Phi) is 2.79. The molecule has 1 atom stereocenters. The van der Waals surface area contributed by atoms with Crippen molar-refractivity contribution in [2.45, 2.75) is 44.3 Å². The van der Waals surface area contributed by atoms with Gasteiger partial charge in [-0.25, -0.2) is 4.39 Å². The predicted octanol–water partition coefficient (Wildman–Crippen LogP) is 3.28. The molecule has 15 heavy (non-hydrogen) atoms. The second-order valence-electron chi connectivity index (χ2n) is 4.66. The highest BCUT2D eigenvalue weighted by Crippen LogP contribution is 2.40. The maximum absolute atomic E-state index is 14.4. The van der Waals surface area contributed by atoms with Gasteiger partial charge in [0.15, 0.2) is 0 Å². The Morgan fingerprint density at radius 3 is 2.47 bits per heavy atom. The summed E-state index contributed by atoms with van der Waals surface area (Å²) in [5.74, 6) is 0. The fourth-order valence-corrected chi connectivity index (χ4v) is 2.47. The van der Waals surface area contributed by atoms with E-state index in [-0.39, 0.29) is 0 Å². The average molecular weight is 207 g/mol. The van der Waals surface area contributed by atoms with Crippen molar-refractivity contribution in [3.63, 3.8) is 0 Å². The number of benzene rings is 1. The Balaban J connectivity index is 2.27. The zero-order valence-electron chi connectivity index (χ0n) is 9.17. The minimum atomic E-state index is -1.01. The van der Waals surface area contributed by atoms with E-state index in [1.807, 2.05) is 31.2 Å². The van der Waals surface area contributed by atoms with Gasteiger partial charge in [-0.05, 0) is 30.9 Å². The van der Waals surface area contributed by atoms with Crippen LogP contribution in [0.15, 0.2) is 24.3 Å². The van der Waals surface area contributed by atoms with Crippen molar-refractivity contribution in [1.82, 2.24) is 0 Å². The molecular formula is C13H18FN. The second kappa shape index (κ2) is 3.93. The molecule has 0 spiro atoms. The number of alkyl halides is 1. The van der Waals surface area contributed by atoms with Gasteiger partial charge in [-0.2, -0.15) is 0 Å². The van der Waals surface area contributed by atoms with Gasteiger partial charge in [0, 0.05) is 0 Å². The first kappa shape index (κ1) is 10.6. The molecule has 0 aromatic heterocycles. The van der Waals surface area contributed by atoms with Crippen molar-refractivity contribution < 1.29 is 4.39 Å². The van der Waals surface area contributed by atoms with E-state index in [0.717, 1.165) is 36.8 Å². The van der Waals surface area contributed by atoms with Crippen LogP contribution in [-0.2, 0) is 0 Å². The number of aryl methyl sites for hydroxylation is 1. The van der Waals surface area contributed by atoms with Gasteiger partial charge >= 0.3 is 0 Å². The van der Waals surface area contributed by atoms with Crippen LogP contribution in [-0.4, -0.2) is 5.54 Å². The quantitative estimate of drug-likeness (QED) is 0.791. The largest absolute Gasteiger partial charge is 0.322 e. The van der Waals surface area contributed by atoms with Gasteiger partial charge in [0.05, 0.1) is 5.54 Å². The fraction of sp³-hybridized carbons (Fsp3) is 0.538. The molecule has 0 saturated heterocycles. The molecule has 2 rings (SSSR count). The molecule has 0 heterocycles. The van der Waals surface area contributed by atoms with Gasteiger partial charge in [0.1, 0.15) is 6.17 Å². The van der Waals surface area contributed by atoms with E-state index in [2.05, 4.69) is 0 Å². The summed E-state index contributed by atoms with van der Waals surface area (Å²) in [6.07, 6.45) is 2.72. The molecule has 0 amide bonds. The highest BCUT2D eigenvalue weighted by molar-refractivity contribution is 5.30. The summed E-state index contributed by atoms with van der Waals surface area (Å²) >= 11 is 0. The van der Waals surface area contributed by atoms with Crippen LogP contribution in [0.3, 0.4) is 0 Å². The average Bonchev–Trinajstić information content (AvgIpc) is 2.66. The van der Waals surface area contributed by atoms with E-state index in [4.69, 9.17) is 5.73 Å². The first-order chi connectivity index (χ1) is 7.13. The molecule has 0 bridgehead atoms. The van der Waals surface area contributed by atoms with Crippen LogP contribution in [0.5, 0.6) is 0 Å². The molecule has 0 aliphatic heterocycles. The monoisotopic (exact) mass is 207 g/mol. The summed E-state index contributed by atoms with van der Waals surface area (Å²) in [6.45, 7) is 1.94. The SMILES string of the molecule is Cc1ccccc1C(F)C1(N)CCCC1. The third kappa shape index (κ3) is 1.91. The third-order valence-electron chi connectivity index (χ3n) is 3.50. The molecule has 1 aromatic rings. The summed E-state index contributed by atoms with van der Waals surface area (Å²) < 4.78 is 14.4. The smallest absolute Gasteiger partial charge is 0.143 e. The molecule has 0 radical (unpaired) electrons. The minimum absolute atomic E-state index is 0.619. The first-order valence-electron chi connectivity index (χ1n) is 5.62. The predicted molar refractivity (Wildman–Crippen MR) is 60.4 cm³/mol. The molecule has 1 unspecified atom stereocenters. The lowest BCUT2D eigenvalue weighted by molar-refractivity contribution is 0.194. The first-order valence-corrected chi connectivity index (χ1v) is 5.62. The molecule has 1 aromatic carbocycles. The zero-order chi connectivity index (χ0) is 10.9. The molecule has 1 aliphatic rings. The number of halogens is 1. The van der Waals surface area contributed by atoms with Crippen LogP contribution in [0.2, 0.25) is 0 Å². The Labute approximate surface area is 90.5 Å². The molecule has 2 N–H and O–H groups in total. The van der Waals surface area contributed by atoms with E-state index in [0.29, 0.717) is 0 Å². The van der Waals surface area contributed by atoms with Crippen molar-refractivity contribution in [1.29, 1.82) is 0 Å². The highest BCUT2D eigenvalue weighted by atomic mass is 19.1. The maximum atomic E-state index is 14.4. The summed E-state index contributed by atoms with van der Waals surface area (Å²) in [5.41, 5.74) is 7.28. The van der Waals surface area contributed by atoms with Crippen molar-refractivity contribution >= 4 is 0 Å². The van der Waals surface area contributed by atoms with Gasteiger partial charge in [-0.15, -0.1) is 0 Å². The molecule has 82 valence electrons. The van der Waals surface area contributed by atoms with Crippen LogP contribution in [0.4, 0.5) is 4.39 Å². The minimum Gasteiger partial charge on any atom is -0.322 e. The van der Waals surface area contributed by atoms with E-state index >= 15 is 0 Å². The third-order valence-corrected chi connectivity index (χ3v) is 3.50. The van der Waals surface area contributed by atoms with Crippen molar-refractivity contribution in [3.8, 4) is 0 Å². The van der Waals surface area contributed by atoms with E-state index in [9.17, 15) is 4.39 Å². The lowest BCUT2D eigenvalue weighted by atomic mass is 9.86. The number of hydrogen-bond acceptors (Lipinski definition) is 1. The molecule has 1 saturated carbocycles. The summed E-state index contributed by atoms with van der Waals surface area (Å²) in [7, 11) is 0. The number of hydrogen-bond donors (Lipinski definition) is 1. The summed E-state index contributed by atoms with van der Waals surface area (Å²) in [4.78, 5) is 0. The Hall–Kier alpha value is -0.890. The summed E-state index contributed by atoms with van der Waals surface area (Å²) in [5, 5.41) is 0. The van der Waals surface area contributed by atoms with Crippen LogP contribution in [0.25, 0.3) is 0 Å². The Bertz CT molecular complexity index is 342. The molecule has 1 nitrogen and oxygen atoms in total. The van der Waals surface area contributed by atoms with Gasteiger partial charge in [0.2, 0.25) is 0 Å². The van der Waals surface area contributed by atoms with Gasteiger partial charge < -0.3 is 5.73 Å². The lowest BCUT2D eigenvalue weighted by Crippen LogP contribution is -2.41. The van der Waals surface area contributed by atoms with Crippen molar-refractivity contribution in [3.05, 3.63) is 35.4 Å². The Morgan fingerprint density at radius 1 is 1.27 bits per heavy atom. The zero-order valence-corrected chi connectivity index (χ0v) is 9.17. The molecule has 1 aliphatic carbocycles. The van der Waals surface area contributed by atoms with E-state index < -0.39 is 11.7 Å². The maximum Gasteiger partial charge on any atom is 0.143 e. The van der Waals surface area contributed by atoms with E-state index in [1.165, 1.54) is 0 Å². The molecular weight excluding hydrogens is 189 g/mol. The van der Waals surface area contributed by atoms with Crippen LogP contribution < -0.4 is 5.73 Å². The van der Waals surface area contributed by atoms with Crippen molar-refractivity contribution in [2.75, 3.05) is 0 Å². The highest BCUT2D eigenvalue weighted by Gasteiger charge is 2.39. The topological polar surface area (TPSA) is 26.0 Å². The normalized spacial score (nSPS) is 21.5. The van der Waals surface area contributed by atoms with Crippen LogP contribution in [0, 0.1) is 6.92 Å². The number of rotatable bonds is 2. The van der Waals surface area contributed by atoms with Crippen LogP contribution >= 0.6 is 0 Å². The van der Waals surface area contributed by atoms with Gasteiger partial charge in [-0.1, -0.05) is 37.1 Å². The Morgan fingerprint density at radius 2 is 1.87 bits per heavy atom. The second-order valence-corrected chi connectivity index (χ2v) is 4.66. The van der Waals surface area contributed by atoms with E-state index in [1.54, 1.807) is 0 Å².